The molecule has 5 rings (SSSR count). The van der Waals surface area contributed by atoms with Crippen LogP contribution >= 0.6 is 0 Å². The van der Waals surface area contributed by atoms with Gasteiger partial charge in [0.05, 0.1) is 16.8 Å². The van der Waals surface area contributed by atoms with Gasteiger partial charge in [0, 0.05) is 31.2 Å². The highest BCUT2D eigenvalue weighted by molar-refractivity contribution is 5.95. The third-order valence-electron chi connectivity index (χ3n) is 7.23. The van der Waals surface area contributed by atoms with E-state index in [-0.39, 0.29) is 17.7 Å². The van der Waals surface area contributed by atoms with Gasteiger partial charge < -0.3 is 10.2 Å². The summed E-state index contributed by atoms with van der Waals surface area (Å²) in [7, 11) is 0. The summed E-state index contributed by atoms with van der Waals surface area (Å²) in [6, 6.07) is 12.1. The van der Waals surface area contributed by atoms with E-state index in [4.69, 9.17) is 4.98 Å². The van der Waals surface area contributed by atoms with Crippen LogP contribution in [0.2, 0.25) is 0 Å². The summed E-state index contributed by atoms with van der Waals surface area (Å²) < 4.78 is 53.1. The third-order valence-corrected chi connectivity index (χ3v) is 7.23. The van der Waals surface area contributed by atoms with E-state index in [2.05, 4.69) is 22.1 Å². The van der Waals surface area contributed by atoms with Gasteiger partial charge in [-0.05, 0) is 60.9 Å². The molecule has 0 radical (unpaired) electrons. The van der Waals surface area contributed by atoms with E-state index in [0.717, 1.165) is 56.5 Å². The Hall–Kier alpha value is -3.49. The molecule has 1 aromatic heterocycles. The molecule has 5 nitrogen and oxygen atoms in total. The highest BCUT2D eigenvalue weighted by Crippen LogP contribution is 2.54. The minimum atomic E-state index is -4.68. The molecule has 2 heterocycles. The van der Waals surface area contributed by atoms with Gasteiger partial charge in [-0.3, -0.25) is 4.79 Å². The summed E-state index contributed by atoms with van der Waals surface area (Å²) in [5.74, 6) is -0.418. The second-order valence-corrected chi connectivity index (χ2v) is 10.1. The molecule has 1 N–H and O–H groups in total. The molecule has 0 spiro atoms. The fraction of sp³-hybridized carbons (Fsp3) is 0.393. The number of rotatable bonds is 6. The lowest BCUT2D eigenvalue weighted by molar-refractivity contribution is -0.137. The monoisotopic (exact) mass is 512 g/mol. The fourth-order valence-electron chi connectivity index (χ4n) is 5.16. The number of carbonyl (C=O) groups excluding carboxylic acids is 1. The maximum absolute atomic E-state index is 13.8. The van der Waals surface area contributed by atoms with Gasteiger partial charge in [-0.1, -0.05) is 37.3 Å². The van der Waals surface area contributed by atoms with Crippen LogP contribution in [-0.4, -0.2) is 29.0 Å². The Morgan fingerprint density at radius 2 is 1.92 bits per heavy atom. The minimum Gasteiger partial charge on any atom is -0.348 e. The number of hydrogen-bond acceptors (Lipinski definition) is 4. The number of anilines is 1. The van der Waals surface area contributed by atoms with Crippen molar-refractivity contribution in [2.75, 3.05) is 18.0 Å². The first-order valence-corrected chi connectivity index (χ1v) is 12.5. The number of carbonyl (C=O) groups is 1. The van der Waals surface area contributed by atoms with Crippen LogP contribution in [0.3, 0.4) is 0 Å². The Balaban J connectivity index is 1.46. The minimum absolute atomic E-state index is 0.0197. The molecular weight excluding hydrogens is 484 g/mol. The van der Waals surface area contributed by atoms with Crippen molar-refractivity contribution in [2.24, 2.45) is 5.92 Å². The third kappa shape index (κ3) is 5.31. The standard InChI is InChI=1S/C28H28F4N4O/c1-18-6-5-11-36(17-18)26-34-16-23(24(35-26)27(9-10-27)20-7-3-2-4-8-20)25(37)33-15-19-12-21(28(30,31)32)14-22(29)13-19/h2-4,7-8,12-14,16,18H,5-6,9-11,15,17H2,1H3,(H,33,37). The Labute approximate surface area is 212 Å². The molecule has 1 saturated carbocycles. The lowest BCUT2D eigenvalue weighted by Gasteiger charge is -2.31. The lowest BCUT2D eigenvalue weighted by Crippen LogP contribution is -2.36. The second-order valence-electron chi connectivity index (χ2n) is 10.1. The average molecular weight is 513 g/mol. The van der Waals surface area contributed by atoms with Crippen LogP contribution in [0, 0.1) is 11.7 Å². The first-order valence-electron chi connectivity index (χ1n) is 12.5. The normalized spacial score (nSPS) is 18.9. The van der Waals surface area contributed by atoms with Gasteiger partial charge in [0.15, 0.2) is 0 Å². The van der Waals surface area contributed by atoms with Gasteiger partial charge in [0.2, 0.25) is 5.95 Å². The largest absolute Gasteiger partial charge is 0.416 e. The van der Waals surface area contributed by atoms with Crippen molar-refractivity contribution in [1.29, 1.82) is 0 Å². The predicted octanol–water partition coefficient (Wildman–Crippen LogP) is 5.88. The number of hydrogen-bond donors (Lipinski definition) is 1. The molecule has 2 aliphatic rings. The van der Waals surface area contributed by atoms with Gasteiger partial charge in [-0.25, -0.2) is 14.4 Å². The van der Waals surface area contributed by atoms with Crippen LogP contribution in [0.1, 0.15) is 65.3 Å². The molecule has 2 aromatic carbocycles. The molecule has 0 bridgehead atoms. The van der Waals surface area contributed by atoms with Crippen LogP contribution in [0.5, 0.6) is 0 Å². The Morgan fingerprint density at radius 3 is 2.59 bits per heavy atom. The van der Waals surface area contributed by atoms with Crippen LogP contribution in [0.4, 0.5) is 23.5 Å². The average Bonchev–Trinajstić information content (AvgIpc) is 3.69. The number of nitrogens with zero attached hydrogens (tertiary/aromatic N) is 3. The van der Waals surface area contributed by atoms with Gasteiger partial charge in [-0.2, -0.15) is 13.2 Å². The van der Waals surface area contributed by atoms with E-state index in [1.807, 2.05) is 30.3 Å². The summed E-state index contributed by atoms with van der Waals surface area (Å²) in [5, 5.41) is 2.65. The summed E-state index contributed by atoms with van der Waals surface area (Å²) in [5.41, 5.74) is 0.459. The Morgan fingerprint density at radius 1 is 1.16 bits per heavy atom. The molecule has 194 valence electrons. The molecule has 1 unspecified atom stereocenters. The van der Waals surface area contributed by atoms with Crippen LogP contribution in [0.25, 0.3) is 0 Å². The quantitative estimate of drug-likeness (QED) is 0.419. The number of benzene rings is 2. The first kappa shape index (κ1) is 25.2. The molecule has 1 atom stereocenters. The number of nitrogens with one attached hydrogen (secondary N) is 1. The number of piperidine rings is 1. The zero-order chi connectivity index (χ0) is 26.2. The van der Waals surface area contributed by atoms with Gasteiger partial charge >= 0.3 is 6.18 Å². The van der Waals surface area contributed by atoms with Gasteiger partial charge in [0.1, 0.15) is 5.82 Å². The summed E-state index contributed by atoms with van der Waals surface area (Å²) in [6.07, 6.45) is 0.666. The van der Waals surface area contributed by atoms with Crippen molar-refractivity contribution in [3.05, 3.63) is 88.5 Å². The summed E-state index contributed by atoms with van der Waals surface area (Å²) in [6.45, 7) is 3.61. The van der Waals surface area contributed by atoms with Crippen molar-refractivity contribution < 1.29 is 22.4 Å². The predicted molar refractivity (Wildman–Crippen MR) is 132 cm³/mol. The highest BCUT2D eigenvalue weighted by atomic mass is 19.4. The van der Waals surface area contributed by atoms with Crippen molar-refractivity contribution in [3.63, 3.8) is 0 Å². The van der Waals surface area contributed by atoms with Gasteiger partial charge in [-0.15, -0.1) is 0 Å². The molecule has 1 aliphatic carbocycles. The topological polar surface area (TPSA) is 58.1 Å². The molecule has 3 aromatic rings. The fourth-order valence-corrected chi connectivity index (χ4v) is 5.16. The van der Waals surface area contributed by atoms with E-state index >= 15 is 0 Å². The maximum Gasteiger partial charge on any atom is 0.416 e. The molecule has 2 fully saturated rings. The van der Waals surface area contributed by atoms with Crippen molar-refractivity contribution >= 4 is 11.9 Å². The van der Waals surface area contributed by atoms with E-state index in [0.29, 0.717) is 23.6 Å². The van der Waals surface area contributed by atoms with E-state index in [1.165, 1.54) is 6.20 Å². The second kappa shape index (κ2) is 9.76. The van der Waals surface area contributed by atoms with Crippen LogP contribution in [-0.2, 0) is 18.1 Å². The molecule has 1 saturated heterocycles. The first-order chi connectivity index (χ1) is 17.7. The van der Waals surface area contributed by atoms with Gasteiger partial charge in [0.25, 0.3) is 5.91 Å². The number of amides is 1. The summed E-state index contributed by atoms with van der Waals surface area (Å²) in [4.78, 5) is 24.9. The van der Waals surface area contributed by atoms with Crippen LogP contribution in [0.15, 0.2) is 54.7 Å². The molecule has 9 heteroatoms. The zero-order valence-corrected chi connectivity index (χ0v) is 20.5. The lowest BCUT2D eigenvalue weighted by atomic mass is 9.89. The van der Waals surface area contributed by atoms with Crippen molar-refractivity contribution in [1.82, 2.24) is 15.3 Å². The molecule has 37 heavy (non-hydrogen) atoms. The zero-order valence-electron chi connectivity index (χ0n) is 20.5. The van der Waals surface area contributed by atoms with E-state index in [1.54, 1.807) is 0 Å². The Bertz CT molecular complexity index is 1290. The number of halogens is 4. The maximum atomic E-state index is 13.8. The number of alkyl halides is 3. The number of aromatic nitrogens is 2. The SMILES string of the molecule is CC1CCCN(c2ncc(C(=O)NCc3cc(F)cc(C(F)(F)F)c3)c(C3(c4ccccc4)CC3)n2)C1. The molecule has 1 aliphatic heterocycles. The van der Waals surface area contributed by atoms with Crippen molar-refractivity contribution in [3.8, 4) is 0 Å². The smallest absolute Gasteiger partial charge is 0.348 e. The van der Waals surface area contributed by atoms with Crippen LogP contribution < -0.4 is 10.2 Å². The Kier molecular flexibility index (Phi) is 6.64. The summed E-state index contributed by atoms with van der Waals surface area (Å²) >= 11 is 0. The molecule has 1 amide bonds. The van der Waals surface area contributed by atoms with E-state index in [9.17, 15) is 22.4 Å². The molecular formula is C28H28F4N4O. The highest BCUT2D eigenvalue weighted by Gasteiger charge is 2.49. The van der Waals surface area contributed by atoms with E-state index < -0.39 is 28.9 Å². The van der Waals surface area contributed by atoms with Crippen molar-refractivity contribution in [2.45, 2.75) is 50.7 Å².